The lowest BCUT2D eigenvalue weighted by molar-refractivity contribution is 0.295. The van der Waals surface area contributed by atoms with Crippen molar-refractivity contribution >= 4 is 0 Å². The Hall–Kier alpha value is -0.930. The molecule has 3 heteroatoms. The summed E-state index contributed by atoms with van der Waals surface area (Å²) >= 11 is 0. The van der Waals surface area contributed by atoms with E-state index in [9.17, 15) is 4.39 Å². The Labute approximate surface area is 122 Å². The van der Waals surface area contributed by atoms with E-state index in [2.05, 4.69) is 24.2 Å². The number of benzene rings is 1. The molecule has 1 unspecified atom stereocenters. The molecule has 0 spiro atoms. The lowest BCUT2D eigenvalue weighted by Crippen LogP contribution is -2.29. The van der Waals surface area contributed by atoms with Gasteiger partial charge in [0.05, 0.1) is 0 Å². The van der Waals surface area contributed by atoms with Gasteiger partial charge in [0.1, 0.15) is 5.82 Å². The summed E-state index contributed by atoms with van der Waals surface area (Å²) in [6, 6.07) is 7.27. The van der Waals surface area contributed by atoms with E-state index in [1.165, 1.54) is 19.4 Å². The summed E-state index contributed by atoms with van der Waals surface area (Å²) in [4.78, 5) is 2.39. The van der Waals surface area contributed by atoms with Crippen LogP contribution >= 0.6 is 0 Å². The van der Waals surface area contributed by atoms with Crippen LogP contribution in [0.2, 0.25) is 0 Å². The number of hydrogen-bond donors (Lipinski definition) is 1. The summed E-state index contributed by atoms with van der Waals surface area (Å²) in [5, 5.41) is 3.48. The van der Waals surface area contributed by atoms with Gasteiger partial charge in [-0.3, -0.25) is 0 Å². The van der Waals surface area contributed by atoms with Crippen molar-refractivity contribution in [3.05, 3.63) is 35.6 Å². The van der Waals surface area contributed by atoms with Crippen molar-refractivity contribution < 1.29 is 4.39 Å². The molecule has 1 aliphatic carbocycles. The zero-order chi connectivity index (χ0) is 14.4. The molecule has 0 aliphatic heterocycles. The van der Waals surface area contributed by atoms with Gasteiger partial charge < -0.3 is 10.2 Å². The second-order valence-electron chi connectivity index (χ2n) is 6.02. The molecule has 1 saturated carbocycles. The summed E-state index contributed by atoms with van der Waals surface area (Å²) < 4.78 is 14.0. The highest BCUT2D eigenvalue weighted by Crippen LogP contribution is 2.29. The van der Waals surface area contributed by atoms with Gasteiger partial charge in [0.25, 0.3) is 0 Å². The quantitative estimate of drug-likeness (QED) is 0.742. The molecule has 1 aliphatic rings. The molecule has 1 fully saturated rings. The largest absolute Gasteiger partial charge is 0.310 e. The average molecular weight is 278 g/mol. The summed E-state index contributed by atoms with van der Waals surface area (Å²) in [6.07, 6.45) is 4.80. The van der Waals surface area contributed by atoms with E-state index in [-0.39, 0.29) is 11.9 Å². The standard InChI is InChI=1S/C17H27FN2/c1-3-11-19-17(15-6-4-5-7-16(15)18)10-12-20(2)13-14-8-9-14/h4-7,14,17,19H,3,8-13H2,1-2H3. The van der Waals surface area contributed by atoms with Crippen molar-refractivity contribution in [1.29, 1.82) is 0 Å². The van der Waals surface area contributed by atoms with Gasteiger partial charge in [-0.15, -0.1) is 0 Å². The van der Waals surface area contributed by atoms with E-state index in [4.69, 9.17) is 0 Å². The summed E-state index contributed by atoms with van der Waals surface area (Å²) in [5.74, 6) is 0.821. The molecule has 0 bridgehead atoms. The van der Waals surface area contributed by atoms with Crippen LogP contribution in [0.5, 0.6) is 0 Å². The maximum atomic E-state index is 14.0. The highest BCUT2D eigenvalue weighted by molar-refractivity contribution is 5.21. The Morgan fingerprint density at radius 1 is 1.35 bits per heavy atom. The molecule has 0 saturated heterocycles. The molecule has 0 aromatic heterocycles. The highest BCUT2D eigenvalue weighted by atomic mass is 19.1. The third-order valence-electron chi connectivity index (χ3n) is 3.99. The number of nitrogens with one attached hydrogen (secondary N) is 1. The lowest BCUT2D eigenvalue weighted by Gasteiger charge is -2.23. The van der Waals surface area contributed by atoms with Gasteiger partial charge in [0.15, 0.2) is 0 Å². The first-order valence-electron chi connectivity index (χ1n) is 7.87. The van der Waals surface area contributed by atoms with Crippen molar-refractivity contribution in [3.8, 4) is 0 Å². The van der Waals surface area contributed by atoms with Gasteiger partial charge in [-0.25, -0.2) is 4.39 Å². The molecule has 2 nitrogen and oxygen atoms in total. The smallest absolute Gasteiger partial charge is 0.127 e. The van der Waals surface area contributed by atoms with Crippen molar-refractivity contribution in [2.75, 3.05) is 26.7 Å². The first-order valence-corrected chi connectivity index (χ1v) is 7.87. The molecular formula is C17H27FN2. The number of halogens is 1. The van der Waals surface area contributed by atoms with E-state index in [1.54, 1.807) is 12.1 Å². The van der Waals surface area contributed by atoms with Gasteiger partial charge in [-0.2, -0.15) is 0 Å². The van der Waals surface area contributed by atoms with Crippen LogP contribution in [0.3, 0.4) is 0 Å². The molecular weight excluding hydrogens is 251 g/mol. The van der Waals surface area contributed by atoms with E-state index >= 15 is 0 Å². The van der Waals surface area contributed by atoms with E-state index < -0.39 is 0 Å². The topological polar surface area (TPSA) is 15.3 Å². The minimum Gasteiger partial charge on any atom is -0.310 e. The zero-order valence-corrected chi connectivity index (χ0v) is 12.7. The number of hydrogen-bond acceptors (Lipinski definition) is 2. The van der Waals surface area contributed by atoms with Crippen LogP contribution in [0.15, 0.2) is 24.3 Å². The van der Waals surface area contributed by atoms with Crippen molar-refractivity contribution in [1.82, 2.24) is 10.2 Å². The van der Waals surface area contributed by atoms with Gasteiger partial charge >= 0.3 is 0 Å². The van der Waals surface area contributed by atoms with Crippen LogP contribution in [-0.4, -0.2) is 31.6 Å². The molecule has 1 N–H and O–H groups in total. The fourth-order valence-electron chi connectivity index (χ4n) is 2.63. The third kappa shape index (κ3) is 4.88. The van der Waals surface area contributed by atoms with E-state index in [1.807, 2.05) is 12.1 Å². The Morgan fingerprint density at radius 2 is 2.10 bits per heavy atom. The minimum absolute atomic E-state index is 0.0917. The molecule has 1 aromatic rings. The second kappa shape index (κ2) is 7.75. The lowest BCUT2D eigenvalue weighted by atomic mass is 10.0. The van der Waals surface area contributed by atoms with Crippen LogP contribution in [0.4, 0.5) is 4.39 Å². The van der Waals surface area contributed by atoms with Gasteiger partial charge in [0.2, 0.25) is 0 Å². The molecule has 1 atom stereocenters. The van der Waals surface area contributed by atoms with Crippen molar-refractivity contribution in [2.45, 2.75) is 38.6 Å². The van der Waals surface area contributed by atoms with Gasteiger partial charge in [-0.1, -0.05) is 25.1 Å². The predicted octanol–water partition coefficient (Wildman–Crippen LogP) is 3.60. The zero-order valence-electron chi connectivity index (χ0n) is 12.7. The highest BCUT2D eigenvalue weighted by Gasteiger charge is 2.23. The van der Waals surface area contributed by atoms with Crippen molar-refractivity contribution in [2.24, 2.45) is 5.92 Å². The normalized spacial score (nSPS) is 16.6. The average Bonchev–Trinajstić information content (AvgIpc) is 3.24. The van der Waals surface area contributed by atoms with Crippen LogP contribution < -0.4 is 5.32 Å². The van der Waals surface area contributed by atoms with Crippen molar-refractivity contribution in [3.63, 3.8) is 0 Å². The summed E-state index contributed by atoms with van der Waals surface area (Å²) in [5.41, 5.74) is 0.806. The monoisotopic (exact) mass is 278 g/mol. The second-order valence-corrected chi connectivity index (χ2v) is 6.02. The number of nitrogens with zero attached hydrogens (tertiary/aromatic N) is 1. The SMILES string of the molecule is CCCNC(CCN(C)CC1CC1)c1ccccc1F. The maximum absolute atomic E-state index is 14.0. The summed E-state index contributed by atoms with van der Waals surface area (Å²) in [7, 11) is 2.18. The first-order chi connectivity index (χ1) is 9.70. The Balaban J connectivity index is 1.90. The predicted molar refractivity (Wildman–Crippen MR) is 82.3 cm³/mol. The third-order valence-corrected chi connectivity index (χ3v) is 3.99. The van der Waals surface area contributed by atoms with Crippen LogP contribution in [-0.2, 0) is 0 Å². The fourth-order valence-corrected chi connectivity index (χ4v) is 2.63. The number of rotatable bonds is 9. The summed E-state index contributed by atoms with van der Waals surface area (Å²) in [6.45, 7) is 5.29. The van der Waals surface area contributed by atoms with E-state index in [0.717, 1.165) is 37.4 Å². The Kier molecular flexibility index (Phi) is 5.99. The molecule has 112 valence electrons. The van der Waals surface area contributed by atoms with Crippen LogP contribution in [0.1, 0.15) is 44.2 Å². The molecule has 2 rings (SSSR count). The first kappa shape index (κ1) is 15.5. The molecule has 20 heavy (non-hydrogen) atoms. The Bertz CT molecular complexity index is 404. The van der Waals surface area contributed by atoms with Gasteiger partial charge in [0, 0.05) is 18.2 Å². The molecule has 0 heterocycles. The Morgan fingerprint density at radius 3 is 2.75 bits per heavy atom. The molecule has 1 aromatic carbocycles. The van der Waals surface area contributed by atoms with E-state index in [0.29, 0.717) is 0 Å². The fraction of sp³-hybridized carbons (Fsp3) is 0.647. The van der Waals surface area contributed by atoms with Crippen LogP contribution in [0, 0.1) is 11.7 Å². The minimum atomic E-state index is -0.0917. The molecule has 0 amide bonds. The van der Waals surface area contributed by atoms with Gasteiger partial charge in [-0.05, 0) is 57.8 Å². The van der Waals surface area contributed by atoms with Crippen LogP contribution in [0.25, 0.3) is 0 Å². The molecule has 0 radical (unpaired) electrons. The maximum Gasteiger partial charge on any atom is 0.127 e.